The summed E-state index contributed by atoms with van der Waals surface area (Å²) < 4.78 is 13.3. The van der Waals surface area contributed by atoms with Crippen molar-refractivity contribution in [3.8, 4) is 0 Å². The highest BCUT2D eigenvalue weighted by atomic mass is 35.5. The molecule has 0 amide bonds. The topological polar surface area (TPSA) is 38.0 Å². The van der Waals surface area contributed by atoms with Crippen LogP contribution >= 0.6 is 23.2 Å². The van der Waals surface area contributed by atoms with Crippen LogP contribution in [0.3, 0.4) is 0 Å². The molecule has 1 atom stereocenters. The van der Waals surface area contributed by atoms with Crippen molar-refractivity contribution in [2.75, 3.05) is 0 Å². The third kappa shape index (κ3) is 3.25. The molecule has 0 saturated heterocycles. The van der Waals surface area contributed by atoms with Crippen LogP contribution in [0.15, 0.2) is 36.4 Å². The predicted octanol–water partition coefficient (Wildman–Crippen LogP) is 3.99. The number of nitrogens with two attached hydrogens (primary N) is 1. The molecule has 0 aliphatic heterocycles. The predicted molar refractivity (Wildman–Crippen MR) is 76.8 cm³/mol. The SMILES string of the molecule is Cc1cc(C(NN)c2cc(Cl)cc(Cl)c2)ccc1F. The molecule has 2 nitrogen and oxygen atoms in total. The van der Waals surface area contributed by atoms with Gasteiger partial charge in [-0.15, -0.1) is 0 Å². The van der Waals surface area contributed by atoms with Gasteiger partial charge in [0, 0.05) is 10.0 Å². The fourth-order valence-electron chi connectivity index (χ4n) is 1.97. The average molecular weight is 299 g/mol. The van der Waals surface area contributed by atoms with Crippen LogP contribution in [0.25, 0.3) is 0 Å². The van der Waals surface area contributed by atoms with Gasteiger partial charge in [0.15, 0.2) is 0 Å². The van der Waals surface area contributed by atoms with E-state index in [0.717, 1.165) is 11.1 Å². The lowest BCUT2D eigenvalue weighted by Crippen LogP contribution is -2.29. The molecule has 0 radical (unpaired) electrons. The second-order valence-electron chi connectivity index (χ2n) is 4.31. The minimum absolute atomic E-state index is 0.247. The Balaban J connectivity index is 2.46. The maximum absolute atomic E-state index is 13.3. The highest BCUT2D eigenvalue weighted by molar-refractivity contribution is 6.34. The third-order valence-corrected chi connectivity index (χ3v) is 3.34. The van der Waals surface area contributed by atoms with Crippen LogP contribution < -0.4 is 11.3 Å². The van der Waals surface area contributed by atoms with E-state index in [1.165, 1.54) is 6.07 Å². The Kier molecular flexibility index (Phi) is 4.42. The van der Waals surface area contributed by atoms with E-state index in [1.54, 1.807) is 37.3 Å². The van der Waals surface area contributed by atoms with Crippen molar-refractivity contribution in [1.82, 2.24) is 5.43 Å². The molecule has 0 aliphatic rings. The second-order valence-corrected chi connectivity index (χ2v) is 5.18. The van der Waals surface area contributed by atoms with Gasteiger partial charge in [-0.2, -0.15) is 0 Å². The van der Waals surface area contributed by atoms with Crippen molar-refractivity contribution >= 4 is 23.2 Å². The van der Waals surface area contributed by atoms with Crippen molar-refractivity contribution in [2.45, 2.75) is 13.0 Å². The van der Waals surface area contributed by atoms with Crippen molar-refractivity contribution in [3.05, 3.63) is 69.0 Å². The zero-order valence-electron chi connectivity index (χ0n) is 10.3. The lowest BCUT2D eigenvalue weighted by Gasteiger charge is -2.18. The number of hydrogen-bond donors (Lipinski definition) is 2. The van der Waals surface area contributed by atoms with Gasteiger partial charge in [-0.3, -0.25) is 5.84 Å². The van der Waals surface area contributed by atoms with Gasteiger partial charge in [0.25, 0.3) is 0 Å². The van der Waals surface area contributed by atoms with E-state index < -0.39 is 0 Å². The summed E-state index contributed by atoms with van der Waals surface area (Å²) in [5.41, 5.74) is 4.93. The van der Waals surface area contributed by atoms with Crippen molar-refractivity contribution < 1.29 is 4.39 Å². The van der Waals surface area contributed by atoms with E-state index in [-0.39, 0.29) is 11.9 Å². The Morgan fingerprint density at radius 1 is 1.05 bits per heavy atom. The highest BCUT2D eigenvalue weighted by Gasteiger charge is 2.14. The monoisotopic (exact) mass is 298 g/mol. The normalized spacial score (nSPS) is 12.5. The summed E-state index contributed by atoms with van der Waals surface area (Å²) in [4.78, 5) is 0. The Labute approximate surface area is 121 Å². The number of hydrazine groups is 1. The number of nitrogens with one attached hydrogen (secondary N) is 1. The lowest BCUT2D eigenvalue weighted by molar-refractivity contribution is 0.608. The van der Waals surface area contributed by atoms with Gasteiger partial charge in [0.1, 0.15) is 5.82 Å². The van der Waals surface area contributed by atoms with Crippen LogP contribution in [-0.2, 0) is 0 Å². The standard InChI is InChI=1S/C14H13Cl2FN2/c1-8-4-9(2-3-13(8)17)14(19-18)10-5-11(15)7-12(16)6-10/h2-7,14,19H,18H2,1H3. The number of benzene rings is 2. The van der Waals surface area contributed by atoms with Crippen molar-refractivity contribution in [1.29, 1.82) is 0 Å². The summed E-state index contributed by atoms with van der Waals surface area (Å²) in [5, 5.41) is 1.06. The van der Waals surface area contributed by atoms with Gasteiger partial charge >= 0.3 is 0 Å². The van der Waals surface area contributed by atoms with E-state index in [2.05, 4.69) is 5.43 Å². The molecule has 0 saturated carbocycles. The molecular weight excluding hydrogens is 286 g/mol. The molecule has 0 bridgehead atoms. The Hall–Kier alpha value is -1.13. The van der Waals surface area contributed by atoms with Crippen LogP contribution in [0.5, 0.6) is 0 Å². The first kappa shape index (κ1) is 14.3. The quantitative estimate of drug-likeness (QED) is 0.664. The van der Waals surface area contributed by atoms with Crippen LogP contribution in [-0.4, -0.2) is 0 Å². The molecule has 1 unspecified atom stereocenters. The molecule has 5 heteroatoms. The van der Waals surface area contributed by atoms with Gasteiger partial charge in [-0.1, -0.05) is 35.3 Å². The summed E-state index contributed by atoms with van der Waals surface area (Å²) in [7, 11) is 0. The van der Waals surface area contributed by atoms with Gasteiger partial charge in [0.2, 0.25) is 0 Å². The largest absolute Gasteiger partial charge is 0.271 e. The van der Waals surface area contributed by atoms with E-state index in [0.29, 0.717) is 15.6 Å². The van der Waals surface area contributed by atoms with Gasteiger partial charge in [-0.05, 0) is 47.9 Å². The molecule has 2 rings (SSSR count). The first-order chi connectivity index (χ1) is 9.01. The molecule has 0 aliphatic carbocycles. The Bertz CT molecular complexity index is 582. The number of rotatable bonds is 3. The molecule has 2 aromatic carbocycles. The lowest BCUT2D eigenvalue weighted by atomic mass is 9.98. The van der Waals surface area contributed by atoms with E-state index in [1.807, 2.05) is 0 Å². The maximum Gasteiger partial charge on any atom is 0.126 e. The third-order valence-electron chi connectivity index (χ3n) is 2.90. The minimum Gasteiger partial charge on any atom is -0.271 e. The Morgan fingerprint density at radius 3 is 2.21 bits per heavy atom. The summed E-state index contributed by atoms with van der Waals surface area (Å²) in [6.07, 6.45) is 0. The van der Waals surface area contributed by atoms with Crippen LogP contribution in [0, 0.1) is 12.7 Å². The zero-order chi connectivity index (χ0) is 14.0. The number of halogens is 3. The summed E-state index contributed by atoms with van der Waals surface area (Å²) in [5.74, 6) is 5.35. The smallest absolute Gasteiger partial charge is 0.126 e. The fraction of sp³-hybridized carbons (Fsp3) is 0.143. The molecule has 0 spiro atoms. The summed E-state index contributed by atoms with van der Waals surface area (Å²) >= 11 is 12.0. The molecule has 0 aromatic heterocycles. The maximum atomic E-state index is 13.3. The van der Waals surface area contributed by atoms with Crippen LogP contribution in [0.4, 0.5) is 4.39 Å². The minimum atomic E-state index is -0.296. The molecule has 0 fully saturated rings. The summed E-state index contributed by atoms with van der Waals surface area (Å²) in [6.45, 7) is 1.71. The first-order valence-electron chi connectivity index (χ1n) is 5.69. The van der Waals surface area contributed by atoms with E-state index >= 15 is 0 Å². The van der Waals surface area contributed by atoms with Gasteiger partial charge < -0.3 is 0 Å². The fourth-order valence-corrected chi connectivity index (χ4v) is 2.52. The molecule has 2 aromatic rings. The zero-order valence-corrected chi connectivity index (χ0v) is 11.8. The summed E-state index contributed by atoms with van der Waals surface area (Å²) in [6, 6.07) is 9.75. The molecule has 19 heavy (non-hydrogen) atoms. The van der Waals surface area contributed by atoms with Crippen molar-refractivity contribution in [3.63, 3.8) is 0 Å². The molecular formula is C14H13Cl2FN2. The second kappa shape index (κ2) is 5.88. The van der Waals surface area contributed by atoms with Crippen LogP contribution in [0.1, 0.15) is 22.7 Å². The first-order valence-corrected chi connectivity index (χ1v) is 6.45. The van der Waals surface area contributed by atoms with Gasteiger partial charge in [-0.25, -0.2) is 9.82 Å². The molecule has 100 valence electrons. The number of aryl methyl sites for hydroxylation is 1. The van der Waals surface area contributed by atoms with Crippen LogP contribution in [0.2, 0.25) is 10.0 Å². The van der Waals surface area contributed by atoms with Gasteiger partial charge in [0.05, 0.1) is 6.04 Å². The molecule has 0 heterocycles. The average Bonchev–Trinajstić information content (AvgIpc) is 2.33. The molecule has 3 N–H and O–H groups in total. The number of hydrogen-bond acceptors (Lipinski definition) is 2. The van der Waals surface area contributed by atoms with E-state index in [9.17, 15) is 4.39 Å². The highest BCUT2D eigenvalue weighted by Crippen LogP contribution is 2.28. The van der Waals surface area contributed by atoms with Crippen molar-refractivity contribution in [2.24, 2.45) is 5.84 Å². The van der Waals surface area contributed by atoms with E-state index in [4.69, 9.17) is 29.0 Å². The Morgan fingerprint density at radius 2 is 1.68 bits per heavy atom.